The van der Waals surface area contributed by atoms with Crippen LogP contribution in [0.4, 0.5) is 0 Å². The zero-order valence-electron chi connectivity index (χ0n) is 9.84. The Bertz CT molecular complexity index is 417. The molecule has 5 heteroatoms. The van der Waals surface area contributed by atoms with E-state index in [9.17, 15) is 8.42 Å². The van der Waals surface area contributed by atoms with E-state index in [4.69, 9.17) is 0 Å². The van der Waals surface area contributed by atoms with E-state index in [0.29, 0.717) is 0 Å². The van der Waals surface area contributed by atoms with Gasteiger partial charge in [-0.1, -0.05) is 13.0 Å². The van der Waals surface area contributed by atoms with E-state index in [2.05, 4.69) is 10.3 Å². The summed E-state index contributed by atoms with van der Waals surface area (Å²) in [6.45, 7) is 1.98. The van der Waals surface area contributed by atoms with Crippen LogP contribution in [0.5, 0.6) is 0 Å². The Morgan fingerprint density at radius 1 is 1.44 bits per heavy atom. The maximum atomic E-state index is 11.3. The Labute approximate surface area is 97.0 Å². The first-order valence-corrected chi connectivity index (χ1v) is 7.26. The van der Waals surface area contributed by atoms with Crippen molar-refractivity contribution in [2.75, 3.05) is 19.1 Å². The van der Waals surface area contributed by atoms with Gasteiger partial charge in [-0.15, -0.1) is 0 Å². The molecular formula is C11H18N2O2S. The number of hydrogen-bond donors (Lipinski definition) is 1. The molecule has 1 N–H and O–H groups in total. The lowest BCUT2D eigenvalue weighted by Crippen LogP contribution is -2.37. The predicted octanol–water partition coefficient (Wildman–Crippen LogP) is 0.818. The zero-order chi connectivity index (χ0) is 12.2. The molecule has 1 aromatic heterocycles. The van der Waals surface area contributed by atoms with Crippen LogP contribution in [0.25, 0.3) is 0 Å². The molecular weight excluding hydrogens is 224 g/mol. The summed E-state index contributed by atoms with van der Waals surface area (Å²) >= 11 is 0. The largest absolute Gasteiger partial charge is 0.315 e. The number of nitrogens with zero attached hydrogens (tertiary/aromatic N) is 1. The van der Waals surface area contributed by atoms with Crippen LogP contribution in [-0.2, 0) is 9.84 Å². The van der Waals surface area contributed by atoms with E-state index in [-0.39, 0.29) is 17.7 Å². The average molecular weight is 242 g/mol. The van der Waals surface area contributed by atoms with Crippen molar-refractivity contribution in [2.45, 2.75) is 18.9 Å². The first-order valence-electron chi connectivity index (χ1n) is 5.20. The predicted molar refractivity (Wildman–Crippen MR) is 65.2 cm³/mol. The van der Waals surface area contributed by atoms with Crippen molar-refractivity contribution in [1.82, 2.24) is 10.3 Å². The van der Waals surface area contributed by atoms with Crippen molar-refractivity contribution in [1.29, 1.82) is 0 Å². The van der Waals surface area contributed by atoms with Gasteiger partial charge in [0.15, 0.2) is 0 Å². The lowest BCUT2D eigenvalue weighted by Gasteiger charge is -2.22. The highest BCUT2D eigenvalue weighted by Crippen LogP contribution is 2.17. The number of pyridine rings is 1. The fourth-order valence-corrected chi connectivity index (χ4v) is 2.76. The SMILES string of the molecule is CNC(CS(C)(=O)=O)C(C)c1ccccn1. The van der Waals surface area contributed by atoms with E-state index < -0.39 is 9.84 Å². The number of aromatic nitrogens is 1. The molecule has 2 atom stereocenters. The minimum Gasteiger partial charge on any atom is -0.315 e. The van der Waals surface area contributed by atoms with Crippen molar-refractivity contribution in [3.63, 3.8) is 0 Å². The minimum absolute atomic E-state index is 0.0703. The van der Waals surface area contributed by atoms with Crippen LogP contribution in [0.1, 0.15) is 18.5 Å². The van der Waals surface area contributed by atoms with Gasteiger partial charge in [0.1, 0.15) is 9.84 Å². The first-order chi connectivity index (χ1) is 7.44. The highest BCUT2D eigenvalue weighted by molar-refractivity contribution is 7.90. The molecule has 16 heavy (non-hydrogen) atoms. The number of hydrogen-bond acceptors (Lipinski definition) is 4. The summed E-state index contributed by atoms with van der Waals surface area (Å²) in [6, 6.07) is 5.56. The summed E-state index contributed by atoms with van der Waals surface area (Å²) in [5.74, 6) is 0.197. The second-order valence-corrected chi connectivity index (χ2v) is 6.22. The third kappa shape index (κ3) is 3.90. The summed E-state index contributed by atoms with van der Waals surface area (Å²) in [7, 11) is -1.21. The second kappa shape index (κ2) is 5.41. The van der Waals surface area contributed by atoms with Crippen molar-refractivity contribution in [2.24, 2.45) is 0 Å². The highest BCUT2D eigenvalue weighted by atomic mass is 32.2. The van der Waals surface area contributed by atoms with Crippen LogP contribution in [0.2, 0.25) is 0 Å². The molecule has 0 saturated carbocycles. The molecule has 0 amide bonds. The summed E-state index contributed by atoms with van der Waals surface area (Å²) in [5.41, 5.74) is 0.908. The Morgan fingerprint density at radius 3 is 2.56 bits per heavy atom. The summed E-state index contributed by atoms with van der Waals surface area (Å²) in [4.78, 5) is 4.24. The van der Waals surface area contributed by atoms with Crippen molar-refractivity contribution in [3.8, 4) is 0 Å². The normalized spacial score (nSPS) is 15.7. The number of rotatable bonds is 5. The van der Waals surface area contributed by atoms with Crippen molar-refractivity contribution >= 4 is 9.84 Å². The Morgan fingerprint density at radius 2 is 2.12 bits per heavy atom. The molecule has 1 heterocycles. The van der Waals surface area contributed by atoms with Crippen LogP contribution in [0, 0.1) is 0 Å². The lowest BCUT2D eigenvalue weighted by atomic mass is 9.99. The van der Waals surface area contributed by atoms with Crippen LogP contribution in [0.3, 0.4) is 0 Å². The highest BCUT2D eigenvalue weighted by Gasteiger charge is 2.22. The van der Waals surface area contributed by atoms with E-state index >= 15 is 0 Å². The molecule has 90 valence electrons. The molecule has 1 aromatic rings. The molecule has 2 unspecified atom stereocenters. The van der Waals surface area contributed by atoms with Gasteiger partial charge in [0.05, 0.1) is 5.75 Å². The molecule has 0 radical (unpaired) electrons. The van der Waals surface area contributed by atoms with Crippen LogP contribution in [-0.4, -0.2) is 38.5 Å². The molecule has 0 aliphatic rings. The third-order valence-corrected chi connectivity index (χ3v) is 3.58. The van der Waals surface area contributed by atoms with Crippen LogP contribution < -0.4 is 5.32 Å². The van der Waals surface area contributed by atoms with Gasteiger partial charge < -0.3 is 5.32 Å². The van der Waals surface area contributed by atoms with Gasteiger partial charge >= 0.3 is 0 Å². The van der Waals surface area contributed by atoms with E-state index in [0.717, 1.165) is 5.69 Å². The molecule has 0 aliphatic carbocycles. The monoisotopic (exact) mass is 242 g/mol. The van der Waals surface area contributed by atoms with Gasteiger partial charge in [0, 0.05) is 30.1 Å². The van der Waals surface area contributed by atoms with Gasteiger partial charge in [-0.05, 0) is 19.2 Å². The lowest BCUT2D eigenvalue weighted by molar-refractivity contribution is 0.506. The van der Waals surface area contributed by atoms with Gasteiger partial charge in [-0.25, -0.2) is 8.42 Å². The molecule has 0 saturated heterocycles. The van der Waals surface area contributed by atoms with Gasteiger partial charge in [-0.2, -0.15) is 0 Å². The fourth-order valence-electron chi connectivity index (χ4n) is 1.66. The topological polar surface area (TPSA) is 59.1 Å². The standard InChI is InChI=1S/C11H18N2O2S/c1-9(10-6-4-5-7-13-10)11(12-2)8-16(3,14)15/h4-7,9,11-12H,8H2,1-3H3. The quantitative estimate of drug-likeness (QED) is 0.830. The average Bonchev–Trinajstić information content (AvgIpc) is 2.25. The van der Waals surface area contributed by atoms with E-state index in [1.807, 2.05) is 25.1 Å². The minimum atomic E-state index is -2.98. The number of likely N-dealkylation sites (N-methyl/N-ethyl adjacent to an activating group) is 1. The molecule has 0 aliphatic heterocycles. The van der Waals surface area contributed by atoms with Crippen molar-refractivity contribution in [3.05, 3.63) is 30.1 Å². The van der Waals surface area contributed by atoms with Crippen LogP contribution >= 0.6 is 0 Å². The zero-order valence-corrected chi connectivity index (χ0v) is 10.7. The Hall–Kier alpha value is -0.940. The Kier molecular flexibility index (Phi) is 4.44. The van der Waals surface area contributed by atoms with Gasteiger partial charge in [-0.3, -0.25) is 4.98 Å². The van der Waals surface area contributed by atoms with Crippen LogP contribution in [0.15, 0.2) is 24.4 Å². The molecule has 0 fully saturated rings. The molecule has 0 spiro atoms. The number of nitrogens with one attached hydrogen (secondary N) is 1. The molecule has 0 aromatic carbocycles. The molecule has 1 rings (SSSR count). The summed E-state index contributed by atoms with van der Waals surface area (Å²) in [5, 5.41) is 3.04. The smallest absolute Gasteiger partial charge is 0.149 e. The first kappa shape index (κ1) is 13.1. The van der Waals surface area contributed by atoms with Gasteiger partial charge in [0.2, 0.25) is 0 Å². The maximum Gasteiger partial charge on any atom is 0.149 e. The Balaban J connectivity index is 2.82. The maximum absolute atomic E-state index is 11.3. The summed E-state index contributed by atoms with van der Waals surface area (Å²) in [6.07, 6.45) is 2.97. The molecule has 4 nitrogen and oxygen atoms in total. The second-order valence-electron chi connectivity index (χ2n) is 4.03. The van der Waals surface area contributed by atoms with E-state index in [1.165, 1.54) is 6.26 Å². The molecule has 0 bridgehead atoms. The third-order valence-electron chi connectivity index (χ3n) is 2.61. The van der Waals surface area contributed by atoms with E-state index in [1.54, 1.807) is 13.2 Å². The number of sulfone groups is 1. The fraction of sp³-hybridized carbons (Fsp3) is 0.545. The summed E-state index contributed by atoms with van der Waals surface area (Å²) < 4.78 is 22.6. The van der Waals surface area contributed by atoms with Gasteiger partial charge in [0.25, 0.3) is 0 Å². The van der Waals surface area contributed by atoms with Crippen molar-refractivity contribution < 1.29 is 8.42 Å².